The molecule has 0 radical (unpaired) electrons. The summed E-state index contributed by atoms with van der Waals surface area (Å²) >= 11 is 5.11. The molecule has 0 saturated carbocycles. The minimum absolute atomic E-state index is 0.199. The molecule has 0 spiro atoms. The maximum Gasteiger partial charge on any atom is 0.137 e. The van der Waals surface area contributed by atoms with E-state index in [0.29, 0.717) is 10.5 Å². The molecule has 1 aliphatic heterocycles. The van der Waals surface area contributed by atoms with Crippen molar-refractivity contribution in [3.63, 3.8) is 0 Å². The lowest BCUT2D eigenvalue weighted by Crippen LogP contribution is -2.32. The molecular formula is C15H15BrFNS. The Morgan fingerprint density at radius 3 is 3.05 bits per heavy atom. The van der Waals surface area contributed by atoms with Crippen molar-refractivity contribution in [2.45, 2.75) is 25.9 Å². The summed E-state index contributed by atoms with van der Waals surface area (Å²) in [6.45, 7) is 4.20. The van der Waals surface area contributed by atoms with E-state index >= 15 is 0 Å². The summed E-state index contributed by atoms with van der Waals surface area (Å²) in [4.78, 5) is 3.97. The summed E-state index contributed by atoms with van der Waals surface area (Å²) in [5.41, 5.74) is 2.61. The predicted octanol–water partition coefficient (Wildman–Crippen LogP) is 4.77. The highest BCUT2D eigenvalue weighted by Crippen LogP contribution is 2.33. The number of hydrogen-bond acceptors (Lipinski definition) is 2. The second kappa shape index (κ2) is 5.35. The number of nitrogens with zero attached hydrogens (tertiary/aromatic N) is 1. The van der Waals surface area contributed by atoms with Gasteiger partial charge in [0.25, 0.3) is 0 Å². The van der Waals surface area contributed by atoms with Crippen LogP contribution in [0.3, 0.4) is 0 Å². The first-order valence-electron chi connectivity index (χ1n) is 6.39. The number of fused-ring (bicyclic) bond motifs is 1. The van der Waals surface area contributed by atoms with Crippen LogP contribution in [0, 0.1) is 5.82 Å². The van der Waals surface area contributed by atoms with Crippen LogP contribution in [0.5, 0.6) is 0 Å². The van der Waals surface area contributed by atoms with Crippen LogP contribution in [0.2, 0.25) is 0 Å². The molecule has 1 nitrogen and oxygen atoms in total. The molecule has 3 rings (SSSR count). The van der Waals surface area contributed by atoms with Crippen LogP contribution < -0.4 is 0 Å². The van der Waals surface area contributed by atoms with E-state index in [1.807, 2.05) is 23.5 Å². The Morgan fingerprint density at radius 2 is 2.26 bits per heavy atom. The lowest BCUT2D eigenvalue weighted by molar-refractivity contribution is 0.191. The molecule has 2 aromatic rings. The molecule has 2 heterocycles. The van der Waals surface area contributed by atoms with Crippen molar-refractivity contribution in [1.29, 1.82) is 0 Å². The second-order valence-electron chi connectivity index (χ2n) is 4.94. The Bertz CT molecular complexity index is 596. The van der Waals surface area contributed by atoms with Crippen LogP contribution in [-0.4, -0.2) is 11.4 Å². The minimum Gasteiger partial charge on any atom is -0.292 e. The second-order valence-corrected chi connectivity index (χ2v) is 6.80. The standard InChI is InChI=1S/C15H15BrFNS/c1-10-12-5-7-19-15(12)4-6-18(10)9-11-2-3-14(17)13(16)8-11/h2-3,5,7-8,10H,4,6,9H2,1H3. The van der Waals surface area contributed by atoms with Gasteiger partial charge in [0.1, 0.15) is 5.82 Å². The molecule has 1 aliphatic rings. The van der Waals surface area contributed by atoms with E-state index in [-0.39, 0.29) is 5.82 Å². The van der Waals surface area contributed by atoms with Crippen LogP contribution >= 0.6 is 27.3 Å². The van der Waals surface area contributed by atoms with Crippen LogP contribution in [-0.2, 0) is 13.0 Å². The average Bonchev–Trinajstić information content (AvgIpc) is 2.86. The molecule has 0 aliphatic carbocycles. The van der Waals surface area contributed by atoms with Gasteiger partial charge in [0.05, 0.1) is 4.47 Å². The molecule has 19 heavy (non-hydrogen) atoms. The number of thiophene rings is 1. The zero-order chi connectivity index (χ0) is 13.4. The number of rotatable bonds is 2. The van der Waals surface area contributed by atoms with Gasteiger partial charge in [0, 0.05) is 24.0 Å². The predicted molar refractivity (Wildman–Crippen MR) is 80.9 cm³/mol. The third kappa shape index (κ3) is 2.62. The monoisotopic (exact) mass is 339 g/mol. The minimum atomic E-state index is -0.199. The van der Waals surface area contributed by atoms with E-state index in [9.17, 15) is 4.39 Å². The van der Waals surface area contributed by atoms with Crippen molar-refractivity contribution in [2.24, 2.45) is 0 Å². The van der Waals surface area contributed by atoms with Gasteiger partial charge in [-0.25, -0.2) is 4.39 Å². The highest BCUT2D eigenvalue weighted by Gasteiger charge is 2.24. The molecule has 0 N–H and O–H groups in total. The fourth-order valence-corrected chi connectivity index (χ4v) is 4.04. The molecule has 4 heteroatoms. The third-order valence-corrected chi connectivity index (χ3v) is 5.38. The molecule has 1 unspecified atom stereocenters. The van der Waals surface area contributed by atoms with Crippen molar-refractivity contribution in [2.75, 3.05) is 6.54 Å². The zero-order valence-electron chi connectivity index (χ0n) is 10.7. The third-order valence-electron chi connectivity index (χ3n) is 3.77. The van der Waals surface area contributed by atoms with Crippen molar-refractivity contribution in [3.05, 3.63) is 55.9 Å². The molecular weight excluding hydrogens is 325 g/mol. The number of halogens is 2. The summed E-state index contributed by atoms with van der Waals surface area (Å²) in [7, 11) is 0. The van der Waals surface area contributed by atoms with E-state index in [2.05, 4.69) is 39.2 Å². The molecule has 100 valence electrons. The lowest BCUT2D eigenvalue weighted by atomic mass is 10.0. The Balaban J connectivity index is 1.79. The highest BCUT2D eigenvalue weighted by molar-refractivity contribution is 9.10. The molecule has 0 bridgehead atoms. The Labute approximate surface area is 125 Å². The van der Waals surface area contributed by atoms with Gasteiger partial charge in [-0.15, -0.1) is 11.3 Å². The smallest absolute Gasteiger partial charge is 0.137 e. The topological polar surface area (TPSA) is 3.24 Å². The molecule has 1 atom stereocenters. The van der Waals surface area contributed by atoms with Gasteiger partial charge in [-0.05, 0) is 64.0 Å². The van der Waals surface area contributed by atoms with E-state index in [1.54, 1.807) is 0 Å². The summed E-state index contributed by atoms with van der Waals surface area (Å²) in [6.07, 6.45) is 1.12. The maximum atomic E-state index is 13.3. The summed E-state index contributed by atoms with van der Waals surface area (Å²) in [5.74, 6) is -0.199. The van der Waals surface area contributed by atoms with Gasteiger partial charge < -0.3 is 0 Å². The van der Waals surface area contributed by atoms with Gasteiger partial charge in [0.15, 0.2) is 0 Å². The van der Waals surface area contributed by atoms with Gasteiger partial charge >= 0.3 is 0 Å². The van der Waals surface area contributed by atoms with Crippen LogP contribution in [0.25, 0.3) is 0 Å². The number of benzene rings is 1. The van der Waals surface area contributed by atoms with Crippen molar-refractivity contribution in [3.8, 4) is 0 Å². The van der Waals surface area contributed by atoms with Crippen molar-refractivity contribution >= 4 is 27.3 Å². The fraction of sp³-hybridized carbons (Fsp3) is 0.333. The highest BCUT2D eigenvalue weighted by atomic mass is 79.9. The van der Waals surface area contributed by atoms with E-state index < -0.39 is 0 Å². The quantitative estimate of drug-likeness (QED) is 0.761. The Kier molecular flexibility index (Phi) is 3.74. The molecule has 0 fully saturated rings. The van der Waals surface area contributed by atoms with Crippen molar-refractivity contribution < 1.29 is 4.39 Å². The Morgan fingerprint density at radius 1 is 1.42 bits per heavy atom. The van der Waals surface area contributed by atoms with Crippen LogP contribution in [0.1, 0.15) is 29.0 Å². The van der Waals surface area contributed by atoms with Crippen molar-refractivity contribution in [1.82, 2.24) is 4.90 Å². The molecule has 1 aromatic heterocycles. The molecule has 1 aromatic carbocycles. The molecule has 0 amide bonds. The first kappa shape index (κ1) is 13.3. The summed E-state index contributed by atoms with van der Waals surface area (Å²) in [5, 5.41) is 2.18. The number of hydrogen-bond donors (Lipinski definition) is 0. The Hall–Kier alpha value is -0.710. The maximum absolute atomic E-state index is 13.3. The SMILES string of the molecule is CC1c2ccsc2CCN1Cc1ccc(F)c(Br)c1. The largest absolute Gasteiger partial charge is 0.292 e. The first-order chi connectivity index (χ1) is 9.15. The first-order valence-corrected chi connectivity index (χ1v) is 8.06. The van der Waals surface area contributed by atoms with E-state index in [4.69, 9.17) is 0 Å². The van der Waals surface area contributed by atoms with Gasteiger partial charge in [-0.2, -0.15) is 0 Å². The van der Waals surface area contributed by atoms with Gasteiger partial charge in [0.2, 0.25) is 0 Å². The van der Waals surface area contributed by atoms with E-state index in [0.717, 1.165) is 25.1 Å². The van der Waals surface area contributed by atoms with Crippen LogP contribution in [0.4, 0.5) is 4.39 Å². The molecule has 0 saturated heterocycles. The summed E-state index contributed by atoms with van der Waals surface area (Å²) in [6, 6.07) is 7.96. The summed E-state index contributed by atoms with van der Waals surface area (Å²) < 4.78 is 13.8. The van der Waals surface area contributed by atoms with Crippen LogP contribution in [0.15, 0.2) is 34.1 Å². The van der Waals surface area contributed by atoms with Gasteiger partial charge in [-0.1, -0.05) is 6.07 Å². The normalized spacial score (nSPS) is 19.4. The van der Waals surface area contributed by atoms with E-state index in [1.165, 1.54) is 16.5 Å². The zero-order valence-corrected chi connectivity index (χ0v) is 13.1. The fourth-order valence-electron chi connectivity index (χ4n) is 2.65. The average molecular weight is 340 g/mol. The lowest BCUT2D eigenvalue weighted by Gasteiger charge is -2.33. The van der Waals surface area contributed by atoms with Gasteiger partial charge in [-0.3, -0.25) is 4.90 Å².